The van der Waals surface area contributed by atoms with Crippen molar-refractivity contribution < 1.29 is 0 Å². The first-order valence-corrected chi connectivity index (χ1v) is 50.8. The summed E-state index contributed by atoms with van der Waals surface area (Å²) in [6.07, 6.45) is 0. The van der Waals surface area contributed by atoms with Gasteiger partial charge in [0, 0.05) is 60.8 Å². The minimum atomic E-state index is -0.103. The fraction of sp³-hybridized carbons (Fsp3) is 0.0638. The number of hydrogen-bond acceptors (Lipinski definition) is 6. The lowest BCUT2D eigenvalue weighted by Gasteiger charge is -2.24. The van der Waals surface area contributed by atoms with Crippen molar-refractivity contribution in [3.05, 3.63) is 543 Å². The molecule has 0 bridgehead atoms. The quantitative estimate of drug-likeness (QED) is 0.102. The van der Waals surface area contributed by atoms with E-state index >= 15 is 0 Å². The lowest BCUT2D eigenvalue weighted by molar-refractivity contribution is 0.666. The topological polar surface area (TPSA) is 77.3 Å². The summed E-state index contributed by atoms with van der Waals surface area (Å²) in [7, 11) is 0. The molecule has 147 heavy (non-hydrogen) atoms. The molecule has 0 aliphatic heterocycles. The fourth-order valence-electron chi connectivity index (χ4n) is 22.9. The molecule has 3 aromatic heterocycles. The molecule has 0 saturated carbocycles. The van der Waals surface area contributed by atoms with E-state index in [0.29, 0.717) is 23.3 Å². The van der Waals surface area contributed by atoms with E-state index < -0.39 is 0 Å². The van der Waals surface area contributed by atoms with Crippen molar-refractivity contribution in [1.82, 2.24) is 29.9 Å². The monoisotopic (exact) mass is 1880 g/mol. The normalized spacial score (nSPS) is 12.9. The van der Waals surface area contributed by atoms with E-state index in [4.69, 9.17) is 29.9 Å². The third-order valence-electron chi connectivity index (χ3n) is 30.2. The number of nitrogens with zero attached hydrogens (tertiary/aromatic N) is 6. The number of pyridine rings is 1. The van der Waals surface area contributed by atoms with Gasteiger partial charge < -0.3 is 0 Å². The lowest BCUT2D eigenvalue weighted by atomic mass is 9.79. The number of rotatable bonds is 15. The Balaban J connectivity index is 0.000000115. The van der Waals surface area contributed by atoms with Crippen LogP contribution < -0.4 is 0 Å². The molecule has 3 aliphatic rings. The minimum absolute atomic E-state index is 0.0813. The van der Waals surface area contributed by atoms with Gasteiger partial charge in [-0.05, 0) is 225 Å². The second kappa shape index (κ2) is 37.5. The lowest BCUT2D eigenvalue weighted by Crippen LogP contribution is -2.15. The van der Waals surface area contributed by atoms with Gasteiger partial charge in [-0.3, -0.25) is 0 Å². The molecule has 0 N–H and O–H groups in total. The summed E-state index contributed by atoms with van der Waals surface area (Å²) in [5, 5.41) is 7.80. The Labute approximate surface area is 858 Å². The highest BCUT2D eigenvalue weighted by Gasteiger charge is 2.42. The average molecular weight is 1880 g/mol. The van der Waals surface area contributed by atoms with Crippen LogP contribution in [0.15, 0.2) is 510 Å². The van der Waals surface area contributed by atoms with Gasteiger partial charge in [-0.15, -0.1) is 0 Å². The van der Waals surface area contributed by atoms with Crippen molar-refractivity contribution in [2.75, 3.05) is 0 Å². The minimum Gasteiger partial charge on any atom is -0.248 e. The van der Waals surface area contributed by atoms with Crippen LogP contribution in [-0.4, -0.2) is 29.9 Å². The molecule has 0 amide bonds. The zero-order chi connectivity index (χ0) is 98.9. The van der Waals surface area contributed by atoms with Crippen molar-refractivity contribution in [3.63, 3.8) is 0 Å². The Bertz CT molecular complexity index is 8800. The van der Waals surface area contributed by atoms with Crippen molar-refractivity contribution in [2.45, 2.75) is 57.8 Å². The van der Waals surface area contributed by atoms with Gasteiger partial charge in [0.25, 0.3) is 0 Å². The van der Waals surface area contributed by atoms with Crippen LogP contribution in [0.25, 0.3) is 234 Å². The van der Waals surface area contributed by atoms with Crippen LogP contribution in [0.2, 0.25) is 0 Å². The smallest absolute Gasteiger partial charge is 0.164 e. The summed E-state index contributed by atoms with van der Waals surface area (Å²) in [4.78, 5) is 30.4. The predicted octanol–water partition coefficient (Wildman–Crippen LogP) is 36.8. The second-order valence-electron chi connectivity index (χ2n) is 40.3. The third kappa shape index (κ3) is 16.7. The van der Waals surface area contributed by atoms with Gasteiger partial charge >= 0.3 is 0 Å². The van der Waals surface area contributed by atoms with E-state index in [0.717, 1.165) is 89.5 Å². The molecule has 3 aliphatic carbocycles. The molecular formula is C141H102N6. The number of hydrogen-bond donors (Lipinski definition) is 0. The molecular weight excluding hydrogens is 1780 g/mol. The molecule has 0 atom stereocenters. The van der Waals surface area contributed by atoms with Crippen molar-refractivity contribution in [2.24, 2.45) is 0 Å². The van der Waals surface area contributed by atoms with Crippen LogP contribution in [0.4, 0.5) is 0 Å². The van der Waals surface area contributed by atoms with Crippen LogP contribution in [0, 0.1) is 0 Å². The second-order valence-corrected chi connectivity index (χ2v) is 40.3. The van der Waals surface area contributed by atoms with Crippen molar-refractivity contribution >= 4 is 32.3 Å². The van der Waals surface area contributed by atoms with Gasteiger partial charge in [0.1, 0.15) is 0 Å². The summed E-state index contributed by atoms with van der Waals surface area (Å²) >= 11 is 0. The molecule has 0 saturated heterocycles. The molecule has 27 rings (SSSR count). The number of aromatic nitrogens is 6. The maximum Gasteiger partial charge on any atom is 0.164 e. The molecule has 0 radical (unpaired) electrons. The SMILES string of the molecule is CC1(C)c2ccccc2-c2c(-c3ccc(-c4cc(-c5cccc(-c6ccccc6)c5)nc(-c5ccccc5)n4)cc3)cc3ccccc3c21.CC1(C)c2ccccc2-c2c(-c3ccc(-c4cc(-c5ccccc5)nc(-c5ccc(-c6ccccc6)cc5)c4)cc3)cc3ccccc3c21.CC1(C)c2ccccc2-c2c(-c3ccc(-c4nc(-c5ccccc5)nc(-c5cccc(-c6ccccc6)c5)n4)cc3)cc3ccccc3c21. The van der Waals surface area contributed by atoms with Crippen molar-refractivity contribution in [3.8, 4) is 202 Å². The maximum absolute atomic E-state index is 5.17. The number of fused-ring (bicyclic) bond motifs is 15. The zero-order valence-corrected chi connectivity index (χ0v) is 82.7. The van der Waals surface area contributed by atoms with Gasteiger partial charge in [0.15, 0.2) is 23.3 Å². The van der Waals surface area contributed by atoms with Gasteiger partial charge in [-0.1, -0.05) is 503 Å². The first kappa shape index (κ1) is 90.0. The Hall–Kier alpha value is -18.4. The first-order valence-electron chi connectivity index (χ1n) is 50.8. The van der Waals surface area contributed by atoms with Gasteiger partial charge in [0.05, 0.1) is 22.8 Å². The maximum atomic E-state index is 5.17. The molecule has 24 aromatic rings. The average Bonchev–Trinajstić information content (AvgIpc) is 1.56. The van der Waals surface area contributed by atoms with Gasteiger partial charge in [-0.2, -0.15) is 0 Å². The van der Waals surface area contributed by atoms with Crippen LogP contribution in [0.3, 0.4) is 0 Å². The van der Waals surface area contributed by atoms with Gasteiger partial charge in [-0.25, -0.2) is 29.9 Å². The van der Waals surface area contributed by atoms with Gasteiger partial charge in [0.2, 0.25) is 0 Å². The molecule has 6 nitrogen and oxygen atoms in total. The van der Waals surface area contributed by atoms with Crippen LogP contribution in [-0.2, 0) is 16.2 Å². The summed E-state index contributed by atoms with van der Waals surface area (Å²) in [6.45, 7) is 14.2. The van der Waals surface area contributed by atoms with E-state index in [1.807, 2.05) is 54.6 Å². The van der Waals surface area contributed by atoms with E-state index in [1.54, 1.807) is 0 Å². The largest absolute Gasteiger partial charge is 0.248 e. The molecule has 6 heteroatoms. The molecule has 696 valence electrons. The Kier molecular flexibility index (Phi) is 22.9. The Morgan fingerprint density at radius 1 is 0.136 bits per heavy atom. The van der Waals surface area contributed by atoms with E-state index in [-0.39, 0.29) is 16.2 Å². The summed E-state index contributed by atoms with van der Waals surface area (Å²) in [6, 6.07) is 182. The Morgan fingerprint density at radius 2 is 0.367 bits per heavy atom. The van der Waals surface area contributed by atoms with Crippen LogP contribution in [0.5, 0.6) is 0 Å². The highest BCUT2D eigenvalue weighted by molar-refractivity contribution is 6.09. The van der Waals surface area contributed by atoms with Crippen molar-refractivity contribution in [1.29, 1.82) is 0 Å². The zero-order valence-electron chi connectivity index (χ0n) is 82.7. The standard InChI is InChI=1S/C48H35N.C47H34N2.C46H33N3/c1-48(2)43-20-12-11-19-41(43)46-42(29-38-17-9-10-18-40(38)47(46)48)35-25-21-34(22-26-35)39-30-44(36-15-7-4-8-16-36)49-45(31-39)37-27-23-33(24-28-37)32-13-5-3-6-14-32;1-47(2)41-23-12-11-22-39(41)44-40(29-36-18-9-10-21-38(36)45(44)47)32-24-26-33(27-25-32)42-30-43(49-46(48-42)34-16-7-4-8-17-34)37-20-13-19-35(28-37)31-14-5-3-6-15-31;1-46(2)40-23-12-11-22-38(40)41-39(29-35-18-9-10-21-37(35)42(41)46)31-24-26-33(27-25-31)44-47-43(32-16-7-4-8-17-32)48-45(49-44)36-20-13-19-34(28-36)30-14-5-3-6-15-30/h3-31H,1-2H3;3-30H,1-2H3;3-29H,1-2H3. The summed E-state index contributed by atoms with van der Waals surface area (Å²) < 4.78 is 0. The molecule has 0 spiro atoms. The Morgan fingerprint density at radius 3 is 0.748 bits per heavy atom. The highest BCUT2D eigenvalue weighted by Crippen LogP contribution is 2.59. The predicted molar refractivity (Wildman–Crippen MR) is 613 cm³/mol. The van der Waals surface area contributed by atoms with E-state index in [2.05, 4.69) is 497 Å². The molecule has 0 fully saturated rings. The van der Waals surface area contributed by atoms with E-state index in [9.17, 15) is 0 Å². The summed E-state index contributed by atoms with van der Waals surface area (Å²) in [5.41, 5.74) is 44.8. The van der Waals surface area contributed by atoms with Crippen LogP contribution >= 0.6 is 0 Å². The third-order valence-corrected chi connectivity index (χ3v) is 30.2. The first-order chi connectivity index (χ1) is 72.1. The van der Waals surface area contributed by atoms with Crippen LogP contribution in [0.1, 0.15) is 74.9 Å². The molecule has 0 unspecified atom stereocenters. The molecule has 3 heterocycles. The number of benzene rings is 21. The summed E-state index contributed by atoms with van der Waals surface area (Å²) in [5.74, 6) is 2.67. The van der Waals surface area contributed by atoms with E-state index in [1.165, 1.54) is 155 Å². The fourth-order valence-corrected chi connectivity index (χ4v) is 22.9. The highest BCUT2D eigenvalue weighted by atomic mass is 15.0. The molecule has 21 aromatic carbocycles.